The van der Waals surface area contributed by atoms with Crippen LogP contribution in [0, 0.1) is 11.6 Å². The van der Waals surface area contributed by atoms with Gasteiger partial charge in [-0.3, -0.25) is 19.3 Å². The molecule has 1 aliphatic rings. The van der Waals surface area contributed by atoms with Gasteiger partial charge in [-0.25, -0.2) is 8.78 Å². The van der Waals surface area contributed by atoms with Crippen LogP contribution >= 0.6 is 0 Å². The number of rotatable bonds is 5. The van der Waals surface area contributed by atoms with E-state index in [2.05, 4.69) is 5.32 Å². The number of nitrogens with zero attached hydrogens (tertiary/aromatic N) is 1. The largest absolute Gasteiger partial charge is 0.350 e. The summed E-state index contributed by atoms with van der Waals surface area (Å²) in [5.41, 5.74) is 7.53. The van der Waals surface area contributed by atoms with Gasteiger partial charge in [-0.05, 0) is 42.2 Å². The van der Waals surface area contributed by atoms with Gasteiger partial charge in [-0.2, -0.15) is 0 Å². The van der Waals surface area contributed by atoms with Crippen molar-refractivity contribution in [2.24, 2.45) is 5.73 Å². The second kappa shape index (κ2) is 9.61. The fourth-order valence-electron chi connectivity index (χ4n) is 3.47. The Kier molecular flexibility index (Phi) is 6.91. The third kappa shape index (κ3) is 5.40. The van der Waals surface area contributed by atoms with Crippen LogP contribution in [-0.4, -0.2) is 41.2 Å². The molecule has 162 valence electrons. The first-order valence-electron chi connectivity index (χ1n) is 9.85. The van der Waals surface area contributed by atoms with Crippen molar-refractivity contribution < 1.29 is 23.2 Å². The van der Waals surface area contributed by atoms with E-state index in [0.29, 0.717) is 6.07 Å². The molecule has 2 aromatic rings. The van der Waals surface area contributed by atoms with Gasteiger partial charge in [0.1, 0.15) is 17.7 Å². The highest BCUT2D eigenvalue weighted by Crippen LogP contribution is 2.21. The minimum atomic E-state index is -1.12. The summed E-state index contributed by atoms with van der Waals surface area (Å²) in [6.45, 7) is 1.65. The lowest BCUT2D eigenvalue weighted by molar-refractivity contribution is -0.152. The highest BCUT2D eigenvalue weighted by molar-refractivity contribution is 6.03. The molecule has 3 N–H and O–H groups in total. The van der Waals surface area contributed by atoms with E-state index in [9.17, 15) is 23.2 Å². The first-order valence-corrected chi connectivity index (χ1v) is 9.85. The van der Waals surface area contributed by atoms with Crippen molar-refractivity contribution in [2.45, 2.75) is 31.8 Å². The van der Waals surface area contributed by atoms with Crippen LogP contribution < -0.4 is 11.1 Å². The van der Waals surface area contributed by atoms with Gasteiger partial charge in [-0.1, -0.05) is 36.4 Å². The number of imide groups is 1. The number of benzene rings is 2. The quantitative estimate of drug-likeness (QED) is 0.765. The van der Waals surface area contributed by atoms with E-state index in [1.165, 1.54) is 6.92 Å². The van der Waals surface area contributed by atoms with Crippen LogP contribution in [0.1, 0.15) is 24.5 Å². The molecule has 1 aliphatic heterocycles. The summed E-state index contributed by atoms with van der Waals surface area (Å²) in [6, 6.07) is 9.95. The predicted molar refractivity (Wildman–Crippen MR) is 111 cm³/mol. The minimum Gasteiger partial charge on any atom is -0.350 e. The molecular formula is C23H23F2N3O3. The van der Waals surface area contributed by atoms with E-state index in [1.807, 2.05) is 30.3 Å². The van der Waals surface area contributed by atoms with Crippen molar-refractivity contribution in [1.82, 2.24) is 10.2 Å². The number of amides is 3. The second-order valence-electron chi connectivity index (χ2n) is 7.41. The van der Waals surface area contributed by atoms with Crippen molar-refractivity contribution in [1.29, 1.82) is 0 Å². The standard InChI is InChI=1S/C23H23F2N3O3/c1-14(26)23(31)28(21(29)11-15-9-18(24)12-19(25)10-15)20-8-7-17(13-27-22(20)30)16-5-3-2-4-6-16/h2-7,9-10,12,14,20H,8,11,13,26H2,1H3,(H,27,30)/t14-,20-/m0/s1. The molecular weight excluding hydrogens is 404 g/mol. The van der Waals surface area contributed by atoms with Gasteiger partial charge < -0.3 is 11.1 Å². The summed E-state index contributed by atoms with van der Waals surface area (Å²) in [7, 11) is 0. The third-order valence-corrected chi connectivity index (χ3v) is 4.97. The van der Waals surface area contributed by atoms with Crippen LogP contribution in [0.15, 0.2) is 54.6 Å². The SMILES string of the molecule is C[C@H](N)C(=O)N(C(=O)Cc1cc(F)cc(F)c1)[C@H]1CC=C(c2ccccc2)CNC1=O. The number of nitrogens with one attached hydrogen (secondary N) is 1. The Hall–Kier alpha value is -3.39. The molecule has 0 spiro atoms. The lowest BCUT2D eigenvalue weighted by Gasteiger charge is -2.29. The number of nitrogens with two attached hydrogens (primary N) is 1. The predicted octanol–water partition coefficient (Wildman–Crippen LogP) is 2.18. The van der Waals surface area contributed by atoms with Crippen molar-refractivity contribution in [3.05, 3.63) is 77.4 Å². The third-order valence-electron chi connectivity index (χ3n) is 4.97. The first-order chi connectivity index (χ1) is 14.8. The number of hydrogen-bond acceptors (Lipinski definition) is 4. The van der Waals surface area contributed by atoms with Crippen molar-refractivity contribution >= 4 is 23.3 Å². The summed E-state index contributed by atoms with van der Waals surface area (Å²) < 4.78 is 27.0. The van der Waals surface area contributed by atoms with Crippen molar-refractivity contribution in [3.8, 4) is 0 Å². The second-order valence-corrected chi connectivity index (χ2v) is 7.41. The Bertz CT molecular complexity index is 1000. The zero-order chi connectivity index (χ0) is 22.5. The maximum atomic E-state index is 13.5. The van der Waals surface area contributed by atoms with Gasteiger partial charge in [0, 0.05) is 12.6 Å². The molecule has 31 heavy (non-hydrogen) atoms. The van der Waals surface area contributed by atoms with Crippen LogP contribution in [0.3, 0.4) is 0 Å². The average Bonchev–Trinajstić information content (AvgIpc) is 2.90. The number of halogens is 2. The summed E-state index contributed by atoms with van der Waals surface area (Å²) in [5, 5.41) is 2.74. The number of carbonyl (C=O) groups excluding carboxylic acids is 3. The van der Waals surface area contributed by atoms with Crippen LogP contribution in [-0.2, 0) is 20.8 Å². The fourth-order valence-corrected chi connectivity index (χ4v) is 3.47. The summed E-state index contributed by atoms with van der Waals surface area (Å²) in [6.07, 6.45) is 1.44. The maximum absolute atomic E-state index is 13.5. The van der Waals surface area contributed by atoms with E-state index in [-0.39, 0.29) is 18.5 Å². The smallest absolute Gasteiger partial charge is 0.246 e. The van der Waals surface area contributed by atoms with Crippen molar-refractivity contribution in [3.63, 3.8) is 0 Å². The zero-order valence-corrected chi connectivity index (χ0v) is 17.0. The number of hydrogen-bond donors (Lipinski definition) is 2. The van der Waals surface area contributed by atoms with E-state index >= 15 is 0 Å². The van der Waals surface area contributed by atoms with Crippen LogP contribution in [0.2, 0.25) is 0 Å². The van der Waals surface area contributed by atoms with Gasteiger partial charge in [-0.15, -0.1) is 0 Å². The Labute approximate surface area is 178 Å². The van der Waals surface area contributed by atoms with Crippen LogP contribution in [0.25, 0.3) is 5.57 Å². The minimum absolute atomic E-state index is 0.0551. The summed E-state index contributed by atoms with van der Waals surface area (Å²) in [4.78, 5) is 39.3. The normalized spacial score (nSPS) is 17.2. The highest BCUT2D eigenvalue weighted by Gasteiger charge is 2.36. The Balaban J connectivity index is 1.90. The Morgan fingerprint density at radius 3 is 2.42 bits per heavy atom. The van der Waals surface area contributed by atoms with Gasteiger partial charge in [0.25, 0.3) is 0 Å². The van der Waals surface area contributed by atoms with Gasteiger partial charge in [0.2, 0.25) is 17.7 Å². The molecule has 8 heteroatoms. The monoisotopic (exact) mass is 427 g/mol. The molecule has 3 amide bonds. The van der Waals surface area contributed by atoms with E-state index in [1.54, 1.807) is 6.08 Å². The van der Waals surface area contributed by atoms with Gasteiger partial charge in [0.15, 0.2) is 0 Å². The summed E-state index contributed by atoms with van der Waals surface area (Å²) in [5.74, 6) is -3.68. The first kappa shape index (κ1) is 22.3. The molecule has 0 saturated heterocycles. The Morgan fingerprint density at radius 1 is 1.16 bits per heavy atom. The molecule has 2 atom stereocenters. The highest BCUT2D eigenvalue weighted by atomic mass is 19.1. The molecule has 0 bridgehead atoms. The van der Waals surface area contributed by atoms with E-state index in [0.717, 1.165) is 28.2 Å². The molecule has 1 heterocycles. The van der Waals surface area contributed by atoms with Gasteiger partial charge in [0.05, 0.1) is 12.5 Å². The average molecular weight is 427 g/mol. The Morgan fingerprint density at radius 2 is 1.81 bits per heavy atom. The fraction of sp³-hybridized carbons (Fsp3) is 0.261. The zero-order valence-electron chi connectivity index (χ0n) is 17.0. The molecule has 0 fully saturated rings. The molecule has 0 aromatic heterocycles. The molecule has 3 rings (SSSR count). The van der Waals surface area contributed by atoms with Crippen LogP contribution in [0.4, 0.5) is 8.78 Å². The molecule has 0 saturated carbocycles. The number of carbonyl (C=O) groups is 3. The van der Waals surface area contributed by atoms with Gasteiger partial charge >= 0.3 is 0 Å². The molecule has 2 aromatic carbocycles. The molecule has 0 aliphatic carbocycles. The lowest BCUT2D eigenvalue weighted by atomic mass is 10.0. The molecule has 0 radical (unpaired) electrons. The van der Waals surface area contributed by atoms with E-state index < -0.39 is 47.9 Å². The van der Waals surface area contributed by atoms with Crippen LogP contribution in [0.5, 0.6) is 0 Å². The van der Waals surface area contributed by atoms with E-state index in [4.69, 9.17) is 5.73 Å². The molecule has 0 unspecified atom stereocenters. The lowest BCUT2D eigenvalue weighted by Crippen LogP contribution is -2.55. The molecule has 6 nitrogen and oxygen atoms in total. The topological polar surface area (TPSA) is 92.5 Å². The maximum Gasteiger partial charge on any atom is 0.246 e. The summed E-state index contributed by atoms with van der Waals surface area (Å²) >= 11 is 0. The van der Waals surface area contributed by atoms with Crippen molar-refractivity contribution in [2.75, 3.05) is 6.54 Å².